The Kier molecular flexibility index (Phi) is 7.20. The Morgan fingerprint density at radius 3 is 1.67 bits per heavy atom. The maximum atomic E-state index is 12.4. The fourth-order valence-corrected chi connectivity index (χ4v) is 3.01. The Bertz CT molecular complexity index is 1240. The standard InChI is InChI=1S/C25H22N2O6/c1-15-12-13-18(26-24(30)32-22-10-6-4-8-19(22)16(2)28)14-21(15)27-25(31)33-23-11-7-5-9-20(23)17(3)29/h4-14H,1-3H3,(H,26,30)(H,27,31). The van der Waals surface area contributed by atoms with Gasteiger partial charge in [-0.3, -0.25) is 20.2 Å². The highest BCUT2D eigenvalue weighted by molar-refractivity contribution is 5.99. The van der Waals surface area contributed by atoms with Gasteiger partial charge in [-0.05, 0) is 62.7 Å². The van der Waals surface area contributed by atoms with Crippen molar-refractivity contribution in [3.63, 3.8) is 0 Å². The minimum atomic E-state index is -0.795. The van der Waals surface area contributed by atoms with E-state index in [0.717, 1.165) is 0 Å². The molecule has 168 valence electrons. The number of ketones is 2. The van der Waals surface area contributed by atoms with Crippen molar-refractivity contribution in [2.45, 2.75) is 20.8 Å². The molecule has 2 N–H and O–H groups in total. The molecule has 0 spiro atoms. The maximum absolute atomic E-state index is 12.4. The van der Waals surface area contributed by atoms with E-state index in [9.17, 15) is 19.2 Å². The predicted molar refractivity (Wildman–Crippen MR) is 123 cm³/mol. The number of aryl methyl sites for hydroxylation is 1. The van der Waals surface area contributed by atoms with E-state index in [0.29, 0.717) is 16.9 Å². The second kappa shape index (κ2) is 10.2. The first kappa shape index (κ1) is 23.2. The van der Waals surface area contributed by atoms with Crippen molar-refractivity contribution >= 4 is 35.1 Å². The lowest BCUT2D eigenvalue weighted by molar-refractivity contribution is 0.100. The number of nitrogens with one attached hydrogen (secondary N) is 2. The molecule has 0 aliphatic carbocycles. The molecule has 0 atom stereocenters. The van der Waals surface area contributed by atoms with Crippen LogP contribution in [0.25, 0.3) is 0 Å². The number of ether oxygens (including phenoxy) is 2. The molecule has 0 radical (unpaired) electrons. The number of hydrogen-bond acceptors (Lipinski definition) is 6. The monoisotopic (exact) mass is 446 g/mol. The largest absolute Gasteiger partial charge is 0.417 e. The van der Waals surface area contributed by atoms with Crippen molar-refractivity contribution < 1.29 is 28.7 Å². The minimum Gasteiger partial charge on any atom is -0.409 e. The summed E-state index contributed by atoms with van der Waals surface area (Å²) in [5.41, 5.74) is 2.03. The Labute approximate surface area is 190 Å². The zero-order valence-corrected chi connectivity index (χ0v) is 18.3. The number of Topliss-reactive ketones (excluding diaryl/α,β-unsaturated/α-hetero) is 2. The summed E-state index contributed by atoms with van der Waals surface area (Å²) >= 11 is 0. The Morgan fingerprint density at radius 2 is 1.15 bits per heavy atom. The van der Waals surface area contributed by atoms with Gasteiger partial charge in [0.15, 0.2) is 11.6 Å². The van der Waals surface area contributed by atoms with Crippen LogP contribution in [0.15, 0.2) is 66.7 Å². The van der Waals surface area contributed by atoms with Crippen LogP contribution in [0.1, 0.15) is 40.1 Å². The van der Waals surface area contributed by atoms with E-state index < -0.39 is 12.2 Å². The molecule has 0 saturated heterocycles. The smallest absolute Gasteiger partial charge is 0.409 e. The summed E-state index contributed by atoms with van der Waals surface area (Å²) < 4.78 is 10.5. The zero-order valence-electron chi connectivity index (χ0n) is 18.3. The molecular formula is C25H22N2O6. The molecule has 3 aromatic rings. The molecule has 0 bridgehead atoms. The van der Waals surface area contributed by atoms with Crippen molar-refractivity contribution in [1.29, 1.82) is 0 Å². The van der Waals surface area contributed by atoms with Crippen LogP contribution in [0.2, 0.25) is 0 Å². The minimum absolute atomic E-state index is 0.140. The summed E-state index contributed by atoms with van der Waals surface area (Å²) in [6.07, 6.45) is -1.58. The zero-order chi connectivity index (χ0) is 24.0. The number of para-hydroxylation sites is 2. The molecule has 0 unspecified atom stereocenters. The lowest BCUT2D eigenvalue weighted by Crippen LogP contribution is -2.20. The Balaban J connectivity index is 1.70. The molecule has 0 fully saturated rings. The van der Waals surface area contributed by atoms with Gasteiger partial charge < -0.3 is 9.47 Å². The quantitative estimate of drug-likeness (QED) is 0.475. The van der Waals surface area contributed by atoms with Gasteiger partial charge in [0.2, 0.25) is 0 Å². The molecule has 2 amide bonds. The van der Waals surface area contributed by atoms with Crippen LogP contribution in [0.5, 0.6) is 11.5 Å². The number of benzene rings is 3. The Hall–Kier alpha value is -4.46. The van der Waals surface area contributed by atoms with Crippen molar-refractivity contribution in [2.24, 2.45) is 0 Å². The van der Waals surface area contributed by atoms with Crippen LogP contribution < -0.4 is 20.1 Å². The second-order valence-corrected chi connectivity index (χ2v) is 7.16. The fraction of sp³-hybridized carbons (Fsp3) is 0.120. The number of carbonyl (C=O) groups is 4. The van der Waals surface area contributed by atoms with Crippen LogP contribution in [0.4, 0.5) is 21.0 Å². The second-order valence-electron chi connectivity index (χ2n) is 7.16. The third-order valence-electron chi connectivity index (χ3n) is 4.66. The summed E-state index contributed by atoms with van der Waals surface area (Å²) in [5, 5.41) is 5.16. The van der Waals surface area contributed by atoms with E-state index in [-0.39, 0.29) is 34.2 Å². The molecule has 0 heterocycles. The summed E-state index contributed by atoms with van der Waals surface area (Å²) in [5.74, 6) is -0.182. The fourth-order valence-electron chi connectivity index (χ4n) is 3.01. The molecule has 8 heteroatoms. The van der Waals surface area contributed by atoms with E-state index >= 15 is 0 Å². The molecule has 0 aliphatic heterocycles. The highest BCUT2D eigenvalue weighted by Gasteiger charge is 2.15. The molecule has 0 aliphatic rings. The summed E-state index contributed by atoms with van der Waals surface area (Å²) in [6, 6.07) is 17.7. The van der Waals surface area contributed by atoms with Crippen LogP contribution >= 0.6 is 0 Å². The number of hydrogen-bond donors (Lipinski definition) is 2. The van der Waals surface area contributed by atoms with Crippen molar-refractivity contribution in [2.75, 3.05) is 10.6 Å². The molecule has 8 nitrogen and oxygen atoms in total. The van der Waals surface area contributed by atoms with Gasteiger partial charge >= 0.3 is 12.2 Å². The highest BCUT2D eigenvalue weighted by atomic mass is 16.6. The third kappa shape index (κ3) is 6.04. The molecular weight excluding hydrogens is 424 g/mol. The lowest BCUT2D eigenvalue weighted by atomic mass is 10.1. The molecule has 0 saturated carbocycles. The van der Waals surface area contributed by atoms with E-state index in [1.807, 2.05) is 0 Å². The van der Waals surface area contributed by atoms with Crippen molar-refractivity contribution in [3.05, 3.63) is 83.4 Å². The number of carbonyl (C=O) groups excluding carboxylic acids is 4. The first-order valence-corrected chi connectivity index (χ1v) is 10.0. The first-order chi connectivity index (χ1) is 15.7. The van der Waals surface area contributed by atoms with E-state index in [4.69, 9.17) is 9.47 Å². The van der Waals surface area contributed by atoms with Crippen LogP contribution in [-0.4, -0.2) is 23.8 Å². The maximum Gasteiger partial charge on any atom is 0.417 e. The van der Waals surface area contributed by atoms with Crippen molar-refractivity contribution in [1.82, 2.24) is 0 Å². The summed E-state index contributed by atoms with van der Waals surface area (Å²) in [4.78, 5) is 48.1. The third-order valence-corrected chi connectivity index (χ3v) is 4.66. The van der Waals surface area contributed by atoms with Gasteiger partial charge in [-0.1, -0.05) is 30.3 Å². The first-order valence-electron chi connectivity index (χ1n) is 10.0. The predicted octanol–water partition coefficient (Wildman–Crippen LogP) is 5.62. The molecule has 0 aromatic heterocycles. The van der Waals surface area contributed by atoms with Gasteiger partial charge in [0, 0.05) is 11.4 Å². The SMILES string of the molecule is CC(=O)c1ccccc1OC(=O)Nc1ccc(C)c(NC(=O)Oc2ccccc2C(C)=O)c1. The number of rotatable bonds is 6. The highest BCUT2D eigenvalue weighted by Crippen LogP contribution is 2.24. The van der Waals surface area contributed by atoms with E-state index in [1.165, 1.54) is 32.0 Å². The molecule has 3 rings (SSSR count). The Morgan fingerprint density at radius 1 is 0.667 bits per heavy atom. The molecule has 33 heavy (non-hydrogen) atoms. The summed E-state index contributed by atoms with van der Waals surface area (Å²) in [7, 11) is 0. The van der Waals surface area contributed by atoms with Crippen LogP contribution in [0, 0.1) is 6.92 Å². The van der Waals surface area contributed by atoms with E-state index in [1.54, 1.807) is 55.5 Å². The van der Waals surface area contributed by atoms with Gasteiger partial charge in [-0.25, -0.2) is 9.59 Å². The molecule has 3 aromatic carbocycles. The van der Waals surface area contributed by atoms with Gasteiger partial charge in [-0.2, -0.15) is 0 Å². The average molecular weight is 446 g/mol. The topological polar surface area (TPSA) is 111 Å². The lowest BCUT2D eigenvalue weighted by Gasteiger charge is -2.13. The van der Waals surface area contributed by atoms with Gasteiger partial charge in [0.05, 0.1) is 11.1 Å². The van der Waals surface area contributed by atoms with Gasteiger partial charge in [0.25, 0.3) is 0 Å². The van der Waals surface area contributed by atoms with Crippen molar-refractivity contribution in [3.8, 4) is 11.5 Å². The average Bonchev–Trinajstić information content (AvgIpc) is 2.76. The van der Waals surface area contributed by atoms with Crippen LogP contribution in [0.3, 0.4) is 0 Å². The number of amides is 2. The van der Waals surface area contributed by atoms with E-state index in [2.05, 4.69) is 10.6 Å². The number of anilines is 2. The van der Waals surface area contributed by atoms with Gasteiger partial charge in [-0.15, -0.1) is 0 Å². The van der Waals surface area contributed by atoms with Gasteiger partial charge in [0.1, 0.15) is 11.5 Å². The summed E-state index contributed by atoms with van der Waals surface area (Å²) in [6.45, 7) is 4.53. The van der Waals surface area contributed by atoms with Crippen LogP contribution in [-0.2, 0) is 0 Å². The normalized spacial score (nSPS) is 10.2.